The van der Waals surface area contributed by atoms with E-state index < -0.39 is 5.60 Å². The van der Waals surface area contributed by atoms with Crippen molar-refractivity contribution < 1.29 is 9.53 Å². The van der Waals surface area contributed by atoms with Crippen molar-refractivity contribution in [2.45, 2.75) is 45.6 Å². The maximum Gasteiger partial charge on any atom is 0.407 e. The molecule has 1 aromatic carbocycles. The second-order valence-electron chi connectivity index (χ2n) is 5.74. The molecule has 1 amide bonds. The Labute approximate surface area is 122 Å². The van der Waals surface area contributed by atoms with E-state index in [1.807, 2.05) is 39.0 Å². The molecule has 110 valence electrons. The minimum Gasteiger partial charge on any atom is -0.444 e. The largest absolute Gasteiger partial charge is 0.444 e. The third kappa shape index (κ3) is 8.35. The summed E-state index contributed by atoms with van der Waals surface area (Å²) < 4.78 is 5.16. The molecule has 0 aliphatic heterocycles. The van der Waals surface area contributed by atoms with Crippen LogP contribution in [0.25, 0.3) is 6.08 Å². The summed E-state index contributed by atoms with van der Waals surface area (Å²) in [4.78, 5) is 11.4. The van der Waals surface area contributed by atoms with Crippen LogP contribution in [0.1, 0.15) is 45.6 Å². The van der Waals surface area contributed by atoms with Crippen molar-refractivity contribution in [3.63, 3.8) is 0 Å². The van der Waals surface area contributed by atoms with Crippen molar-refractivity contribution in [2.75, 3.05) is 6.54 Å². The zero-order chi connectivity index (χ0) is 14.8. The van der Waals surface area contributed by atoms with Crippen LogP contribution < -0.4 is 5.32 Å². The maximum absolute atomic E-state index is 11.4. The molecule has 1 N–H and O–H groups in total. The van der Waals surface area contributed by atoms with Gasteiger partial charge in [0, 0.05) is 6.54 Å². The van der Waals surface area contributed by atoms with Gasteiger partial charge in [0.2, 0.25) is 0 Å². The van der Waals surface area contributed by atoms with Crippen molar-refractivity contribution in [3.05, 3.63) is 42.0 Å². The van der Waals surface area contributed by atoms with Gasteiger partial charge in [0.1, 0.15) is 5.60 Å². The molecule has 3 nitrogen and oxygen atoms in total. The first kappa shape index (κ1) is 16.3. The second kappa shape index (κ2) is 8.41. The summed E-state index contributed by atoms with van der Waals surface area (Å²) >= 11 is 0. The first-order valence-electron chi connectivity index (χ1n) is 7.16. The van der Waals surface area contributed by atoms with Crippen LogP contribution in [-0.4, -0.2) is 18.2 Å². The van der Waals surface area contributed by atoms with Gasteiger partial charge in [0.25, 0.3) is 0 Å². The number of alkyl carbamates (subject to hydrolysis) is 1. The molecule has 0 heterocycles. The number of hydrogen-bond donors (Lipinski definition) is 1. The fraction of sp³-hybridized carbons (Fsp3) is 0.471. The third-order valence-electron chi connectivity index (χ3n) is 2.58. The highest BCUT2D eigenvalue weighted by Crippen LogP contribution is 2.07. The predicted octanol–water partition coefficient (Wildman–Crippen LogP) is 4.39. The van der Waals surface area contributed by atoms with Gasteiger partial charge in [-0.25, -0.2) is 4.79 Å². The van der Waals surface area contributed by atoms with E-state index in [0.29, 0.717) is 6.54 Å². The Morgan fingerprint density at radius 1 is 1.20 bits per heavy atom. The lowest BCUT2D eigenvalue weighted by Crippen LogP contribution is -2.32. The molecule has 0 unspecified atom stereocenters. The highest BCUT2D eigenvalue weighted by Gasteiger charge is 2.15. The van der Waals surface area contributed by atoms with E-state index in [2.05, 4.69) is 29.6 Å². The van der Waals surface area contributed by atoms with Crippen LogP contribution in [0.4, 0.5) is 4.79 Å². The molecule has 0 saturated carbocycles. The van der Waals surface area contributed by atoms with Crippen LogP contribution >= 0.6 is 0 Å². The van der Waals surface area contributed by atoms with Gasteiger partial charge in [-0.05, 0) is 45.6 Å². The van der Waals surface area contributed by atoms with Crippen LogP contribution in [0.15, 0.2) is 36.4 Å². The first-order valence-corrected chi connectivity index (χ1v) is 7.16. The fourth-order valence-corrected chi connectivity index (χ4v) is 1.68. The van der Waals surface area contributed by atoms with Gasteiger partial charge >= 0.3 is 6.09 Å². The predicted molar refractivity (Wildman–Crippen MR) is 83.6 cm³/mol. The van der Waals surface area contributed by atoms with Crippen molar-refractivity contribution in [1.82, 2.24) is 5.32 Å². The van der Waals surface area contributed by atoms with Crippen molar-refractivity contribution in [1.29, 1.82) is 0 Å². The van der Waals surface area contributed by atoms with Gasteiger partial charge in [-0.1, -0.05) is 42.5 Å². The standard InChI is InChI=1S/C17H25NO2/c1-17(2,3)20-16(19)18-14-10-5-4-7-11-15-12-8-6-9-13-15/h6-9,11-13H,4-5,10,14H2,1-3H3,(H,18,19)/b11-7+. The molecule has 0 radical (unpaired) electrons. The monoisotopic (exact) mass is 275 g/mol. The van der Waals surface area contributed by atoms with Crippen molar-refractivity contribution in [3.8, 4) is 0 Å². The molecule has 0 bridgehead atoms. The molecule has 0 aromatic heterocycles. The summed E-state index contributed by atoms with van der Waals surface area (Å²) in [6.45, 7) is 6.25. The van der Waals surface area contributed by atoms with Crippen LogP contribution in [-0.2, 0) is 4.74 Å². The quantitative estimate of drug-likeness (QED) is 0.782. The van der Waals surface area contributed by atoms with Crippen LogP contribution in [0.3, 0.4) is 0 Å². The summed E-state index contributed by atoms with van der Waals surface area (Å²) in [6, 6.07) is 10.2. The second-order valence-corrected chi connectivity index (χ2v) is 5.74. The third-order valence-corrected chi connectivity index (χ3v) is 2.58. The molecule has 0 fully saturated rings. The van der Waals surface area contributed by atoms with Crippen molar-refractivity contribution >= 4 is 12.2 Å². The van der Waals surface area contributed by atoms with E-state index in [0.717, 1.165) is 19.3 Å². The van der Waals surface area contributed by atoms with E-state index in [1.165, 1.54) is 5.56 Å². The normalized spacial score (nSPS) is 11.6. The Hall–Kier alpha value is -1.77. The number of unbranched alkanes of at least 4 members (excludes halogenated alkanes) is 2. The van der Waals surface area contributed by atoms with Gasteiger partial charge < -0.3 is 10.1 Å². The lowest BCUT2D eigenvalue weighted by Gasteiger charge is -2.19. The zero-order valence-electron chi connectivity index (χ0n) is 12.7. The number of carbonyl (C=O) groups is 1. The Bertz CT molecular complexity index is 418. The smallest absolute Gasteiger partial charge is 0.407 e. The average Bonchev–Trinajstić information content (AvgIpc) is 2.37. The highest BCUT2D eigenvalue weighted by molar-refractivity contribution is 5.67. The zero-order valence-corrected chi connectivity index (χ0v) is 12.7. The summed E-state index contributed by atoms with van der Waals surface area (Å²) in [6.07, 6.45) is 6.99. The Morgan fingerprint density at radius 2 is 1.90 bits per heavy atom. The SMILES string of the molecule is CC(C)(C)OC(=O)NCCCC/C=C/c1ccccc1. The molecule has 0 aliphatic carbocycles. The van der Waals surface area contributed by atoms with Crippen LogP contribution in [0.2, 0.25) is 0 Å². The highest BCUT2D eigenvalue weighted by atomic mass is 16.6. The topological polar surface area (TPSA) is 38.3 Å². The lowest BCUT2D eigenvalue weighted by molar-refractivity contribution is 0.0527. The summed E-state index contributed by atoms with van der Waals surface area (Å²) in [5.74, 6) is 0. The lowest BCUT2D eigenvalue weighted by atomic mass is 10.1. The summed E-state index contributed by atoms with van der Waals surface area (Å²) in [5, 5.41) is 2.76. The molecule has 0 aliphatic rings. The van der Waals surface area contributed by atoms with Gasteiger partial charge in [-0.2, -0.15) is 0 Å². The number of nitrogens with one attached hydrogen (secondary N) is 1. The minimum atomic E-state index is -0.428. The molecule has 0 atom stereocenters. The summed E-state index contributed by atoms with van der Waals surface area (Å²) in [5.41, 5.74) is 0.794. The van der Waals surface area contributed by atoms with E-state index in [4.69, 9.17) is 4.74 Å². The van der Waals surface area contributed by atoms with Gasteiger partial charge in [-0.15, -0.1) is 0 Å². The number of ether oxygens (including phenoxy) is 1. The van der Waals surface area contributed by atoms with Gasteiger partial charge in [0.15, 0.2) is 0 Å². The van der Waals surface area contributed by atoms with Crippen LogP contribution in [0, 0.1) is 0 Å². The Morgan fingerprint density at radius 3 is 2.55 bits per heavy atom. The fourth-order valence-electron chi connectivity index (χ4n) is 1.68. The number of amides is 1. The Kier molecular flexibility index (Phi) is 6.85. The first-order chi connectivity index (χ1) is 9.47. The molecule has 0 spiro atoms. The number of allylic oxidation sites excluding steroid dienone is 1. The molecular formula is C17H25NO2. The van der Waals surface area contributed by atoms with Crippen molar-refractivity contribution in [2.24, 2.45) is 0 Å². The average molecular weight is 275 g/mol. The Balaban J connectivity index is 2.05. The number of rotatable bonds is 6. The van der Waals surface area contributed by atoms with E-state index in [9.17, 15) is 4.79 Å². The maximum atomic E-state index is 11.4. The van der Waals surface area contributed by atoms with Crippen LogP contribution in [0.5, 0.6) is 0 Å². The molecule has 1 aromatic rings. The summed E-state index contributed by atoms with van der Waals surface area (Å²) in [7, 11) is 0. The molecule has 20 heavy (non-hydrogen) atoms. The number of hydrogen-bond acceptors (Lipinski definition) is 2. The molecule has 1 rings (SSSR count). The molecule has 0 saturated heterocycles. The minimum absolute atomic E-state index is 0.336. The van der Waals surface area contributed by atoms with E-state index >= 15 is 0 Å². The van der Waals surface area contributed by atoms with Gasteiger partial charge in [0.05, 0.1) is 0 Å². The number of carbonyl (C=O) groups excluding carboxylic acids is 1. The van der Waals surface area contributed by atoms with Gasteiger partial charge in [-0.3, -0.25) is 0 Å². The van der Waals surface area contributed by atoms with E-state index in [1.54, 1.807) is 0 Å². The molecular weight excluding hydrogens is 250 g/mol. The molecule has 3 heteroatoms. The van der Waals surface area contributed by atoms with E-state index in [-0.39, 0.29) is 6.09 Å². The number of benzene rings is 1.